The maximum Gasteiger partial charge on any atom is 0.324 e. The van der Waals surface area contributed by atoms with Crippen LogP contribution < -0.4 is 14.8 Å². The first-order valence-corrected chi connectivity index (χ1v) is 6.64. The molecule has 2 aromatic heterocycles. The van der Waals surface area contributed by atoms with Gasteiger partial charge in [0.1, 0.15) is 5.01 Å². The molecule has 0 amide bonds. The van der Waals surface area contributed by atoms with Gasteiger partial charge >= 0.3 is 12.0 Å². The zero-order chi connectivity index (χ0) is 13.7. The average Bonchev–Trinajstić information content (AvgIpc) is 2.98. The minimum atomic E-state index is 0.0526. The van der Waals surface area contributed by atoms with Crippen molar-refractivity contribution in [2.75, 3.05) is 19.5 Å². The zero-order valence-electron chi connectivity index (χ0n) is 11.0. The number of hydrogen-bond donors (Lipinski definition) is 1. The standard InChI is InChI=1S/C11H15N5O2S/c1-4-7(8-12-5-6-19-8)13-9-14-10(17-2)16-11(15-9)18-3/h5-7H,4H2,1-3H3,(H,13,14,15,16). The van der Waals surface area contributed by atoms with Crippen LogP contribution in [0.3, 0.4) is 0 Å². The summed E-state index contributed by atoms with van der Waals surface area (Å²) in [4.78, 5) is 16.5. The van der Waals surface area contributed by atoms with Gasteiger partial charge in [0.25, 0.3) is 0 Å². The van der Waals surface area contributed by atoms with Crippen LogP contribution >= 0.6 is 11.3 Å². The molecule has 1 atom stereocenters. The van der Waals surface area contributed by atoms with Crippen molar-refractivity contribution in [1.82, 2.24) is 19.9 Å². The summed E-state index contributed by atoms with van der Waals surface area (Å²) >= 11 is 1.59. The fourth-order valence-corrected chi connectivity index (χ4v) is 2.26. The Morgan fingerprint density at radius 2 is 1.89 bits per heavy atom. The largest absolute Gasteiger partial charge is 0.467 e. The molecule has 8 heteroatoms. The molecule has 0 saturated carbocycles. The van der Waals surface area contributed by atoms with Crippen molar-refractivity contribution in [3.63, 3.8) is 0 Å². The molecule has 2 rings (SSSR count). The third-order valence-electron chi connectivity index (χ3n) is 2.42. The number of ether oxygens (including phenoxy) is 2. The molecule has 7 nitrogen and oxygen atoms in total. The van der Waals surface area contributed by atoms with Gasteiger partial charge in [-0.2, -0.15) is 9.97 Å². The van der Waals surface area contributed by atoms with Gasteiger partial charge in [-0.25, -0.2) is 4.98 Å². The molecule has 1 unspecified atom stereocenters. The van der Waals surface area contributed by atoms with Crippen molar-refractivity contribution < 1.29 is 9.47 Å². The van der Waals surface area contributed by atoms with Crippen LogP contribution in [0.15, 0.2) is 11.6 Å². The predicted octanol–water partition coefficient (Wildman–Crippen LogP) is 1.91. The van der Waals surface area contributed by atoms with Crippen LogP contribution in [-0.2, 0) is 0 Å². The van der Waals surface area contributed by atoms with Gasteiger partial charge in [-0.15, -0.1) is 16.3 Å². The van der Waals surface area contributed by atoms with Gasteiger partial charge in [-0.05, 0) is 6.42 Å². The summed E-state index contributed by atoms with van der Waals surface area (Å²) in [5.74, 6) is 0.408. The second-order valence-electron chi connectivity index (χ2n) is 3.61. The van der Waals surface area contributed by atoms with Crippen LogP contribution in [0, 0.1) is 0 Å². The van der Waals surface area contributed by atoms with Crippen LogP contribution in [-0.4, -0.2) is 34.2 Å². The Labute approximate surface area is 115 Å². The van der Waals surface area contributed by atoms with E-state index in [0.717, 1.165) is 11.4 Å². The van der Waals surface area contributed by atoms with E-state index in [0.29, 0.717) is 5.95 Å². The first-order valence-electron chi connectivity index (χ1n) is 5.76. The second-order valence-corrected chi connectivity index (χ2v) is 4.53. The minimum absolute atomic E-state index is 0.0526. The summed E-state index contributed by atoms with van der Waals surface area (Å²) in [7, 11) is 2.99. The first kappa shape index (κ1) is 13.5. The zero-order valence-corrected chi connectivity index (χ0v) is 11.8. The molecule has 19 heavy (non-hydrogen) atoms. The molecule has 0 aromatic carbocycles. The summed E-state index contributed by atoms with van der Waals surface area (Å²) in [5.41, 5.74) is 0. The second kappa shape index (κ2) is 6.28. The molecule has 102 valence electrons. The van der Waals surface area contributed by atoms with E-state index in [1.165, 1.54) is 14.2 Å². The smallest absolute Gasteiger partial charge is 0.324 e. The molecule has 0 aliphatic carbocycles. The third-order valence-corrected chi connectivity index (χ3v) is 3.31. The summed E-state index contributed by atoms with van der Waals surface area (Å²) in [6.07, 6.45) is 2.64. The first-order chi connectivity index (χ1) is 9.26. The number of anilines is 1. The van der Waals surface area contributed by atoms with Crippen molar-refractivity contribution in [2.24, 2.45) is 0 Å². The van der Waals surface area contributed by atoms with Crippen molar-refractivity contribution in [1.29, 1.82) is 0 Å². The van der Waals surface area contributed by atoms with Crippen molar-refractivity contribution >= 4 is 17.3 Å². The van der Waals surface area contributed by atoms with Crippen LogP contribution in [0.5, 0.6) is 12.0 Å². The maximum atomic E-state index is 5.01. The topological polar surface area (TPSA) is 82.1 Å². The lowest BCUT2D eigenvalue weighted by atomic mass is 10.2. The fourth-order valence-electron chi connectivity index (χ4n) is 1.49. The SMILES string of the molecule is CCC(Nc1nc(OC)nc(OC)n1)c1nccs1. The molecule has 0 spiro atoms. The monoisotopic (exact) mass is 281 g/mol. The molecule has 0 radical (unpaired) electrons. The van der Waals surface area contributed by atoms with E-state index in [-0.39, 0.29) is 18.1 Å². The number of nitrogens with one attached hydrogen (secondary N) is 1. The summed E-state index contributed by atoms with van der Waals surface area (Å²) in [6.45, 7) is 2.06. The molecule has 0 saturated heterocycles. The normalized spacial score (nSPS) is 11.9. The number of rotatable bonds is 6. The third kappa shape index (κ3) is 3.28. The van der Waals surface area contributed by atoms with Crippen molar-refractivity contribution in [3.8, 4) is 12.0 Å². The predicted molar refractivity (Wildman–Crippen MR) is 71.7 cm³/mol. The van der Waals surface area contributed by atoms with Crippen molar-refractivity contribution in [3.05, 3.63) is 16.6 Å². The van der Waals surface area contributed by atoms with Gasteiger partial charge < -0.3 is 14.8 Å². The Morgan fingerprint density at radius 3 is 2.37 bits per heavy atom. The van der Waals surface area contributed by atoms with Crippen LogP contribution in [0.1, 0.15) is 24.4 Å². The number of thiazole rings is 1. The quantitative estimate of drug-likeness (QED) is 0.866. The Hall–Kier alpha value is -1.96. The molecule has 0 aliphatic rings. The van der Waals surface area contributed by atoms with Gasteiger partial charge in [0.2, 0.25) is 5.95 Å². The lowest BCUT2D eigenvalue weighted by Gasteiger charge is -2.14. The average molecular weight is 281 g/mol. The number of aromatic nitrogens is 4. The summed E-state index contributed by atoms with van der Waals surface area (Å²) < 4.78 is 10.0. The number of hydrogen-bond acceptors (Lipinski definition) is 8. The van der Waals surface area contributed by atoms with Crippen LogP contribution in [0.25, 0.3) is 0 Å². The lowest BCUT2D eigenvalue weighted by Crippen LogP contribution is -2.13. The molecule has 2 aromatic rings. The van der Waals surface area contributed by atoms with Gasteiger partial charge in [0, 0.05) is 11.6 Å². The van der Waals surface area contributed by atoms with E-state index >= 15 is 0 Å². The van der Waals surface area contributed by atoms with Gasteiger partial charge in [0.15, 0.2) is 0 Å². The fraction of sp³-hybridized carbons (Fsp3) is 0.455. The van der Waals surface area contributed by atoms with E-state index < -0.39 is 0 Å². The van der Waals surface area contributed by atoms with E-state index in [4.69, 9.17) is 9.47 Å². The highest BCUT2D eigenvalue weighted by atomic mass is 32.1. The maximum absolute atomic E-state index is 5.01. The Bertz CT molecular complexity index is 498. The van der Waals surface area contributed by atoms with E-state index in [1.807, 2.05) is 5.38 Å². The molecule has 0 fully saturated rings. The molecular formula is C11H15N5O2S. The molecular weight excluding hydrogens is 266 g/mol. The highest BCUT2D eigenvalue weighted by Crippen LogP contribution is 2.23. The molecule has 0 bridgehead atoms. The summed E-state index contributed by atoms with van der Waals surface area (Å²) in [6, 6.07) is 0.475. The molecule has 1 N–H and O–H groups in total. The van der Waals surface area contributed by atoms with Crippen molar-refractivity contribution in [2.45, 2.75) is 19.4 Å². The van der Waals surface area contributed by atoms with Crippen LogP contribution in [0.4, 0.5) is 5.95 Å². The Kier molecular flexibility index (Phi) is 4.45. The molecule has 2 heterocycles. The van der Waals surface area contributed by atoms with Crippen LogP contribution in [0.2, 0.25) is 0 Å². The lowest BCUT2D eigenvalue weighted by molar-refractivity contribution is 0.341. The van der Waals surface area contributed by atoms with Gasteiger partial charge in [-0.1, -0.05) is 6.92 Å². The minimum Gasteiger partial charge on any atom is -0.467 e. The highest BCUT2D eigenvalue weighted by molar-refractivity contribution is 7.09. The van der Waals surface area contributed by atoms with E-state index in [9.17, 15) is 0 Å². The van der Waals surface area contributed by atoms with Gasteiger partial charge in [-0.3, -0.25) is 0 Å². The van der Waals surface area contributed by atoms with Gasteiger partial charge in [0.05, 0.1) is 20.3 Å². The van der Waals surface area contributed by atoms with E-state index in [2.05, 4.69) is 32.2 Å². The number of methoxy groups -OCH3 is 2. The summed E-state index contributed by atoms with van der Waals surface area (Å²) in [5, 5.41) is 6.13. The Morgan fingerprint density at radius 1 is 1.21 bits per heavy atom. The highest BCUT2D eigenvalue weighted by Gasteiger charge is 2.15. The van der Waals surface area contributed by atoms with E-state index in [1.54, 1.807) is 17.5 Å². The molecule has 0 aliphatic heterocycles. The number of nitrogens with zero attached hydrogens (tertiary/aromatic N) is 4. The Balaban J connectivity index is 2.21.